The van der Waals surface area contributed by atoms with Crippen LogP contribution in [0.1, 0.15) is 23.0 Å². The van der Waals surface area contributed by atoms with Gasteiger partial charge in [-0.05, 0) is 24.2 Å². The molecule has 1 atom stereocenters. The van der Waals surface area contributed by atoms with Gasteiger partial charge in [0.25, 0.3) is 0 Å². The molecule has 1 heterocycles. The molecule has 1 aromatic carbocycles. The summed E-state index contributed by atoms with van der Waals surface area (Å²) in [6.07, 6.45) is -0.193. The van der Waals surface area contributed by atoms with Crippen molar-refractivity contribution >= 4 is 9.04 Å². The first-order chi connectivity index (χ1) is 7.70. The maximum Gasteiger partial charge on any atom is 0.205 e. The zero-order valence-electron chi connectivity index (χ0n) is 9.95. The second kappa shape index (κ2) is 5.10. The SMILES string of the molecule is COC1OCc2cc(CO[Si](C)C)ccc21. The molecule has 0 aromatic heterocycles. The summed E-state index contributed by atoms with van der Waals surface area (Å²) in [7, 11) is 1.05. The van der Waals surface area contributed by atoms with Gasteiger partial charge in [-0.3, -0.25) is 0 Å². The molecule has 0 fully saturated rings. The predicted molar refractivity (Wildman–Crippen MR) is 63.3 cm³/mol. The normalized spacial score (nSPS) is 19.1. The van der Waals surface area contributed by atoms with Gasteiger partial charge in [-0.25, -0.2) is 0 Å². The molecule has 0 spiro atoms. The van der Waals surface area contributed by atoms with E-state index in [0.717, 1.165) is 5.56 Å². The summed E-state index contributed by atoms with van der Waals surface area (Å²) in [5.41, 5.74) is 3.57. The minimum absolute atomic E-state index is 0.193. The van der Waals surface area contributed by atoms with Gasteiger partial charge in [0.2, 0.25) is 9.04 Å². The lowest BCUT2D eigenvalue weighted by molar-refractivity contribution is -0.118. The van der Waals surface area contributed by atoms with E-state index < -0.39 is 9.04 Å². The topological polar surface area (TPSA) is 27.7 Å². The van der Waals surface area contributed by atoms with Crippen LogP contribution >= 0.6 is 0 Å². The molecule has 3 nitrogen and oxygen atoms in total. The Balaban J connectivity index is 2.09. The molecule has 0 amide bonds. The minimum Gasteiger partial charge on any atom is -0.413 e. The second-order valence-electron chi connectivity index (χ2n) is 4.11. The Morgan fingerprint density at radius 3 is 2.94 bits per heavy atom. The maximum absolute atomic E-state index is 5.67. The van der Waals surface area contributed by atoms with E-state index in [9.17, 15) is 0 Å². The Bertz CT molecular complexity index is 365. The molecule has 0 saturated heterocycles. The molecule has 1 aliphatic heterocycles. The Morgan fingerprint density at radius 2 is 2.25 bits per heavy atom. The van der Waals surface area contributed by atoms with Gasteiger partial charge in [-0.1, -0.05) is 18.2 Å². The lowest BCUT2D eigenvalue weighted by atomic mass is 10.1. The van der Waals surface area contributed by atoms with Crippen molar-refractivity contribution in [3.63, 3.8) is 0 Å². The minimum atomic E-state index is -0.617. The first-order valence-corrected chi connectivity index (χ1v) is 7.80. The lowest BCUT2D eigenvalue weighted by Gasteiger charge is -2.09. The zero-order chi connectivity index (χ0) is 11.5. The summed E-state index contributed by atoms with van der Waals surface area (Å²) in [6, 6.07) is 6.32. The van der Waals surface area contributed by atoms with Crippen molar-refractivity contribution in [2.75, 3.05) is 7.11 Å². The van der Waals surface area contributed by atoms with E-state index in [-0.39, 0.29) is 6.29 Å². The van der Waals surface area contributed by atoms with Gasteiger partial charge in [0.15, 0.2) is 6.29 Å². The zero-order valence-corrected chi connectivity index (χ0v) is 10.9. The van der Waals surface area contributed by atoms with Gasteiger partial charge in [0.1, 0.15) is 0 Å². The van der Waals surface area contributed by atoms with Gasteiger partial charge in [-0.15, -0.1) is 0 Å². The van der Waals surface area contributed by atoms with Crippen LogP contribution in [0, 0.1) is 0 Å². The van der Waals surface area contributed by atoms with E-state index in [4.69, 9.17) is 13.9 Å². The van der Waals surface area contributed by atoms with E-state index in [1.807, 2.05) is 0 Å². The number of methoxy groups -OCH3 is 1. The van der Waals surface area contributed by atoms with Crippen LogP contribution in [-0.4, -0.2) is 16.2 Å². The molecule has 1 aromatic rings. The van der Waals surface area contributed by atoms with Gasteiger partial charge in [0, 0.05) is 12.7 Å². The van der Waals surface area contributed by atoms with E-state index in [1.54, 1.807) is 7.11 Å². The van der Waals surface area contributed by atoms with Crippen molar-refractivity contribution in [1.82, 2.24) is 0 Å². The summed E-state index contributed by atoms with van der Waals surface area (Å²) < 4.78 is 16.4. The largest absolute Gasteiger partial charge is 0.413 e. The Kier molecular flexibility index (Phi) is 3.76. The third kappa shape index (κ3) is 2.52. The molecular formula is C12H17O3Si. The molecule has 0 saturated carbocycles. The van der Waals surface area contributed by atoms with Crippen molar-refractivity contribution in [1.29, 1.82) is 0 Å². The van der Waals surface area contributed by atoms with Crippen molar-refractivity contribution in [2.24, 2.45) is 0 Å². The molecule has 1 radical (unpaired) electrons. The maximum atomic E-state index is 5.67. The highest BCUT2D eigenvalue weighted by Crippen LogP contribution is 2.31. The summed E-state index contributed by atoms with van der Waals surface area (Å²) in [6.45, 7) is 5.62. The van der Waals surface area contributed by atoms with E-state index in [2.05, 4.69) is 31.3 Å². The Morgan fingerprint density at radius 1 is 1.44 bits per heavy atom. The smallest absolute Gasteiger partial charge is 0.205 e. The van der Waals surface area contributed by atoms with Crippen LogP contribution in [0.3, 0.4) is 0 Å². The average Bonchev–Trinajstić information content (AvgIpc) is 2.68. The van der Waals surface area contributed by atoms with Crippen LogP contribution in [-0.2, 0) is 27.1 Å². The molecule has 16 heavy (non-hydrogen) atoms. The van der Waals surface area contributed by atoms with Crippen LogP contribution in [0.5, 0.6) is 0 Å². The molecular weight excluding hydrogens is 220 g/mol. The standard InChI is InChI=1S/C12H17O3Si/c1-13-12-11-5-4-9(7-15-16(2)3)6-10(11)8-14-12/h4-6,12H,7-8H2,1-3H3. The Hall–Kier alpha value is -0.683. The van der Waals surface area contributed by atoms with Crippen LogP contribution in [0.2, 0.25) is 13.1 Å². The van der Waals surface area contributed by atoms with E-state index in [0.29, 0.717) is 13.2 Å². The first-order valence-electron chi connectivity index (χ1n) is 5.39. The summed E-state index contributed by atoms with van der Waals surface area (Å²) in [4.78, 5) is 0. The molecule has 87 valence electrons. The molecule has 0 N–H and O–H groups in total. The molecule has 1 aliphatic rings. The fourth-order valence-electron chi connectivity index (χ4n) is 1.78. The highest BCUT2D eigenvalue weighted by atomic mass is 28.3. The third-order valence-electron chi connectivity index (χ3n) is 2.59. The van der Waals surface area contributed by atoms with E-state index >= 15 is 0 Å². The summed E-state index contributed by atoms with van der Waals surface area (Å²) >= 11 is 0. The number of rotatable bonds is 4. The first kappa shape index (κ1) is 11.8. The van der Waals surface area contributed by atoms with Crippen LogP contribution in [0.15, 0.2) is 18.2 Å². The predicted octanol–water partition coefficient (Wildman–Crippen LogP) is 2.63. The van der Waals surface area contributed by atoms with Crippen molar-refractivity contribution in [3.05, 3.63) is 34.9 Å². The average molecular weight is 237 g/mol. The molecule has 4 heteroatoms. The van der Waals surface area contributed by atoms with Crippen molar-refractivity contribution < 1.29 is 13.9 Å². The number of ether oxygens (including phenoxy) is 2. The molecule has 0 bridgehead atoms. The fourth-order valence-corrected chi connectivity index (χ4v) is 2.24. The number of hydrogen-bond donors (Lipinski definition) is 0. The highest BCUT2D eigenvalue weighted by Gasteiger charge is 2.22. The lowest BCUT2D eigenvalue weighted by Crippen LogP contribution is -2.07. The third-order valence-corrected chi connectivity index (χ3v) is 3.31. The Labute approximate surface area is 98.1 Å². The quantitative estimate of drug-likeness (QED) is 0.753. The highest BCUT2D eigenvalue weighted by molar-refractivity contribution is 6.48. The van der Waals surface area contributed by atoms with Gasteiger partial charge < -0.3 is 13.9 Å². The second-order valence-corrected chi connectivity index (χ2v) is 6.21. The van der Waals surface area contributed by atoms with Crippen LogP contribution in [0.25, 0.3) is 0 Å². The van der Waals surface area contributed by atoms with Crippen LogP contribution in [0.4, 0.5) is 0 Å². The summed E-state index contributed by atoms with van der Waals surface area (Å²) in [5, 5.41) is 0. The van der Waals surface area contributed by atoms with Gasteiger partial charge in [-0.2, -0.15) is 0 Å². The monoisotopic (exact) mass is 237 g/mol. The molecule has 0 aliphatic carbocycles. The number of benzene rings is 1. The number of fused-ring (bicyclic) bond motifs is 1. The fraction of sp³-hybridized carbons (Fsp3) is 0.500. The number of hydrogen-bond acceptors (Lipinski definition) is 3. The molecule has 1 unspecified atom stereocenters. The van der Waals surface area contributed by atoms with Crippen molar-refractivity contribution in [3.8, 4) is 0 Å². The van der Waals surface area contributed by atoms with Crippen molar-refractivity contribution in [2.45, 2.75) is 32.6 Å². The summed E-state index contributed by atoms with van der Waals surface area (Å²) in [5.74, 6) is 0. The van der Waals surface area contributed by atoms with Crippen LogP contribution < -0.4 is 0 Å². The van der Waals surface area contributed by atoms with E-state index in [1.165, 1.54) is 11.1 Å². The van der Waals surface area contributed by atoms with Gasteiger partial charge >= 0.3 is 0 Å². The molecule has 2 rings (SSSR count). The van der Waals surface area contributed by atoms with Gasteiger partial charge in [0.05, 0.1) is 13.2 Å².